The third-order valence-electron chi connectivity index (χ3n) is 4.02. The molecular formula is C19H24N2O5S. The number of hydrogen-bond acceptors (Lipinski definition) is 5. The van der Waals surface area contributed by atoms with Crippen molar-refractivity contribution >= 4 is 21.6 Å². The highest BCUT2D eigenvalue weighted by molar-refractivity contribution is 7.92. The van der Waals surface area contributed by atoms with E-state index >= 15 is 0 Å². The number of hydrogen-bond donors (Lipinski definition) is 1. The molecule has 0 unspecified atom stereocenters. The zero-order valence-electron chi connectivity index (χ0n) is 15.8. The summed E-state index contributed by atoms with van der Waals surface area (Å²) in [5.41, 5.74) is 1.20. The van der Waals surface area contributed by atoms with Crippen LogP contribution in [-0.4, -0.2) is 41.3 Å². The van der Waals surface area contributed by atoms with Crippen LogP contribution >= 0.6 is 0 Å². The first-order valence-corrected chi connectivity index (χ1v) is 10.1. The molecule has 1 atom stereocenters. The van der Waals surface area contributed by atoms with Gasteiger partial charge in [0.15, 0.2) is 0 Å². The summed E-state index contributed by atoms with van der Waals surface area (Å²) in [6, 6.07) is 13.9. The van der Waals surface area contributed by atoms with Gasteiger partial charge in [0.2, 0.25) is 15.9 Å². The second-order valence-corrected chi connectivity index (χ2v) is 7.91. The minimum Gasteiger partial charge on any atom is -0.497 e. The van der Waals surface area contributed by atoms with E-state index in [1.54, 1.807) is 18.2 Å². The molecule has 146 valence electrons. The Kier molecular flexibility index (Phi) is 6.68. The topological polar surface area (TPSA) is 84.9 Å². The molecule has 2 rings (SSSR count). The highest BCUT2D eigenvalue weighted by Crippen LogP contribution is 2.33. The molecule has 8 heteroatoms. The molecule has 0 aliphatic carbocycles. The number of methoxy groups -OCH3 is 2. The zero-order chi connectivity index (χ0) is 20.0. The lowest BCUT2D eigenvalue weighted by molar-refractivity contribution is -0.120. The summed E-state index contributed by atoms with van der Waals surface area (Å²) in [5, 5.41) is 2.82. The number of rotatable bonds is 8. The van der Waals surface area contributed by atoms with E-state index in [0.29, 0.717) is 11.5 Å². The Bertz CT molecular complexity index is 884. The maximum atomic E-state index is 12.5. The van der Waals surface area contributed by atoms with Crippen molar-refractivity contribution in [3.8, 4) is 11.5 Å². The molecule has 2 aromatic carbocycles. The van der Waals surface area contributed by atoms with Crippen LogP contribution in [0, 0.1) is 0 Å². The van der Waals surface area contributed by atoms with Crippen LogP contribution in [0.2, 0.25) is 0 Å². The van der Waals surface area contributed by atoms with E-state index in [-0.39, 0.29) is 18.3 Å². The average molecular weight is 392 g/mol. The molecule has 0 saturated heterocycles. The molecule has 7 nitrogen and oxygen atoms in total. The molecule has 1 amide bonds. The van der Waals surface area contributed by atoms with Crippen molar-refractivity contribution in [2.24, 2.45) is 0 Å². The van der Waals surface area contributed by atoms with Gasteiger partial charge in [0.05, 0.1) is 32.2 Å². The smallest absolute Gasteiger partial charge is 0.241 e. The lowest BCUT2D eigenvalue weighted by atomic mass is 10.1. The number of anilines is 1. The highest BCUT2D eigenvalue weighted by atomic mass is 32.2. The molecule has 0 aliphatic heterocycles. The Labute approximate surface area is 160 Å². The average Bonchev–Trinajstić information content (AvgIpc) is 2.65. The van der Waals surface area contributed by atoms with Crippen molar-refractivity contribution in [1.29, 1.82) is 0 Å². The van der Waals surface area contributed by atoms with Gasteiger partial charge in [0.25, 0.3) is 0 Å². The molecule has 0 saturated carbocycles. The monoisotopic (exact) mass is 392 g/mol. The van der Waals surface area contributed by atoms with E-state index in [9.17, 15) is 13.2 Å². The molecular weight excluding hydrogens is 368 g/mol. The van der Waals surface area contributed by atoms with Gasteiger partial charge in [-0.3, -0.25) is 9.10 Å². The lowest BCUT2D eigenvalue weighted by Crippen LogP contribution is -2.41. The van der Waals surface area contributed by atoms with E-state index < -0.39 is 15.9 Å². The van der Waals surface area contributed by atoms with Gasteiger partial charge in [-0.15, -0.1) is 0 Å². The van der Waals surface area contributed by atoms with Crippen LogP contribution < -0.4 is 19.1 Å². The molecule has 0 spiro atoms. The molecule has 0 aromatic heterocycles. The summed E-state index contributed by atoms with van der Waals surface area (Å²) >= 11 is 0. The standard InChI is InChI=1S/C19H24N2O5S/c1-14(15-8-6-5-7-9-15)20-19(22)13-21(27(4,23)24)17-11-10-16(25-2)12-18(17)26-3/h5-12,14H,13H2,1-4H3,(H,20,22)/t14-/m1/s1. The van der Waals surface area contributed by atoms with Gasteiger partial charge in [0.1, 0.15) is 18.0 Å². The summed E-state index contributed by atoms with van der Waals surface area (Å²) in [5.74, 6) is 0.393. The van der Waals surface area contributed by atoms with Gasteiger partial charge < -0.3 is 14.8 Å². The van der Waals surface area contributed by atoms with Gasteiger partial charge in [-0.25, -0.2) is 8.42 Å². The van der Waals surface area contributed by atoms with Gasteiger partial charge in [-0.1, -0.05) is 30.3 Å². The van der Waals surface area contributed by atoms with Crippen LogP contribution in [-0.2, 0) is 14.8 Å². The van der Waals surface area contributed by atoms with Crippen LogP contribution in [0.5, 0.6) is 11.5 Å². The quantitative estimate of drug-likeness (QED) is 0.745. The molecule has 1 N–H and O–H groups in total. The van der Waals surface area contributed by atoms with Gasteiger partial charge in [0, 0.05) is 6.07 Å². The van der Waals surface area contributed by atoms with E-state index in [4.69, 9.17) is 9.47 Å². The number of nitrogens with one attached hydrogen (secondary N) is 1. The van der Waals surface area contributed by atoms with Crippen molar-refractivity contribution in [3.05, 3.63) is 54.1 Å². The number of ether oxygens (including phenoxy) is 2. The van der Waals surface area contributed by atoms with Crippen LogP contribution in [0.25, 0.3) is 0 Å². The summed E-state index contributed by atoms with van der Waals surface area (Å²) in [7, 11) is -0.786. The molecule has 0 bridgehead atoms. The van der Waals surface area contributed by atoms with Gasteiger partial charge in [-0.2, -0.15) is 0 Å². The van der Waals surface area contributed by atoms with E-state index in [2.05, 4.69) is 5.32 Å². The normalized spacial score (nSPS) is 12.1. The van der Waals surface area contributed by atoms with Gasteiger partial charge in [-0.05, 0) is 24.6 Å². The minimum atomic E-state index is -3.71. The fourth-order valence-corrected chi connectivity index (χ4v) is 3.47. The molecule has 0 aliphatic rings. The Morgan fingerprint density at radius 3 is 2.33 bits per heavy atom. The lowest BCUT2D eigenvalue weighted by Gasteiger charge is -2.25. The zero-order valence-corrected chi connectivity index (χ0v) is 16.6. The number of amides is 1. The van der Waals surface area contributed by atoms with Gasteiger partial charge >= 0.3 is 0 Å². The van der Waals surface area contributed by atoms with Crippen LogP contribution in [0.4, 0.5) is 5.69 Å². The van der Waals surface area contributed by atoms with Crippen LogP contribution in [0.15, 0.2) is 48.5 Å². The maximum Gasteiger partial charge on any atom is 0.241 e. The maximum absolute atomic E-state index is 12.5. The molecule has 0 heterocycles. The van der Waals surface area contributed by atoms with Crippen molar-refractivity contribution in [2.75, 3.05) is 31.3 Å². The second-order valence-electron chi connectivity index (χ2n) is 6.01. The first kappa shape index (κ1) is 20.6. The summed E-state index contributed by atoms with van der Waals surface area (Å²) < 4.78 is 36.0. The molecule has 0 radical (unpaired) electrons. The van der Waals surface area contributed by atoms with E-state index in [1.807, 2.05) is 37.3 Å². The van der Waals surface area contributed by atoms with Crippen molar-refractivity contribution < 1.29 is 22.7 Å². The number of carbonyl (C=O) groups is 1. The summed E-state index contributed by atoms with van der Waals surface area (Å²) in [6.07, 6.45) is 1.05. The SMILES string of the molecule is COc1ccc(N(CC(=O)N[C@H](C)c2ccccc2)S(C)(=O)=O)c(OC)c1. The number of sulfonamides is 1. The van der Waals surface area contributed by atoms with Crippen molar-refractivity contribution in [1.82, 2.24) is 5.32 Å². The fourth-order valence-electron chi connectivity index (χ4n) is 2.61. The highest BCUT2D eigenvalue weighted by Gasteiger charge is 2.25. The third-order valence-corrected chi connectivity index (χ3v) is 5.15. The van der Waals surface area contributed by atoms with Crippen molar-refractivity contribution in [3.63, 3.8) is 0 Å². The number of carbonyl (C=O) groups excluding carboxylic acids is 1. The fraction of sp³-hybridized carbons (Fsp3) is 0.316. The van der Waals surface area contributed by atoms with Crippen LogP contribution in [0.3, 0.4) is 0 Å². The van der Waals surface area contributed by atoms with Crippen molar-refractivity contribution in [2.45, 2.75) is 13.0 Å². The van der Waals surface area contributed by atoms with E-state index in [1.165, 1.54) is 14.2 Å². The Morgan fingerprint density at radius 1 is 1.11 bits per heavy atom. The van der Waals surface area contributed by atoms with Crippen LogP contribution in [0.1, 0.15) is 18.5 Å². The Morgan fingerprint density at radius 2 is 1.78 bits per heavy atom. The molecule has 0 fully saturated rings. The first-order valence-electron chi connectivity index (χ1n) is 8.30. The Balaban J connectivity index is 2.24. The second kappa shape index (κ2) is 8.77. The predicted molar refractivity (Wildman–Crippen MR) is 105 cm³/mol. The number of benzene rings is 2. The van der Waals surface area contributed by atoms with E-state index in [0.717, 1.165) is 16.1 Å². The Hall–Kier alpha value is -2.74. The third kappa shape index (κ3) is 5.37. The molecule has 27 heavy (non-hydrogen) atoms. The largest absolute Gasteiger partial charge is 0.497 e. The predicted octanol–water partition coefficient (Wildman–Crippen LogP) is 2.35. The molecule has 2 aromatic rings. The number of nitrogens with zero attached hydrogens (tertiary/aromatic N) is 1. The summed E-state index contributed by atoms with van der Waals surface area (Å²) in [6.45, 7) is 1.48. The summed E-state index contributed by atoms with van der Waals surface area (Å²) in [4.78, 5) is 12.5. The first-order chi connectivity index (χ1) is 12.8. The minimum absolute atomic E-state index is 0.252.